The van der Waals surface area contributed by atoms with Crippen molar-refractivity contribution in [1.82, 2.24) is 29.8 Å². The van der Waals surface area contributed by atoms with Gasteiger partial charge in [-0.2, -0.15) is 9.61 Å². The number of H-pyrrole nitrogens is 1. The summed E-state index contributed by atoms with van der Waals surface area (Å²) in [5.41, 5.74) is 7.24. The number of imidazole rings is 1. The second kappa shape index (κ2) is 4.64. The average Bonchev–Trinajstić information content (AvgIpc) is 3.04. The third-order valence-corrected chi connectivity index (χ3v) is 4.84. The van der Waals surface area contributed by atoms with Gasteiger partial charge in [-0.25, -0.2) is 4.98 Å². The minimum absolute atomic E-state index is 0.142. The Morgan fingerprint density at radius 1 is 1.45 bits per heavy atom. The summed E-state index contributed by atoms with van der Waals surface area (Å²) in [7, 11) is 0. The number of hydrogen-bond acceptors (Lipinski definition) is 6. The molecule has 3 N–H and O–H groups in total. The standard InChI is InChI=1S/C12H15N7S/c13-9(4-8-5-14-6-15-8)11-18-19-10(7-2-1-3-7)16-17-12(19)20-11/h5-7,9H,1-4,13H2,(H,14,15). The number of nitrogens with two attached hydrogens (primary N) is 1. The molecule has 0 saturated heterocycles. The molecule has 1 unspecified atom stereocenters. The van der Waals surface area contributed by atoms with E-state index in [0.717, 1.165) is 21.5 Å². The van der Waals surface area contributed by atoms with E-state index >= 15 is 0 Å². The second-order valence-corrected chi connectivity index (χ2v) is 6.20. The predicted molar refractivity (Wildman–Crippen MR) is 74.5 cm³/mol. The summed E-state index contributed by atoms with van der Waals surface area (Å²) in [6.07, 6.45) is 7.80. The van der Waals surface area contributed by atoms with Crippen LogP contribution in [0.1, 0.15) is 47.7 Å². The topological polar surface area (TPSA) is 97.8 Å². The molecule has 3 aromatic rings. The Bertz CT molecular complexity index is 709. The van der Waals surface area contributed by atoms with Crippen molar-refractivity contribution in [2.45, 2.75) is 37.6 Å². The fourth-order valence-corrected chi connectivity index (χ4v) is 3.29. The first-order chi connectivity index (χ1) is 9.81. The van der Waals surface area contributed by atoms with Crippen molar-refractivity contribution in [1.29, 1.82) is 0 Å². The van der Waals surface area contributed by atoms with Gasteiger partial charge >= 0.3 is 0 Å². The lowest BCUT2D eigenvalue weighted by Crippen LogP contribution is -2.16. The lowest BCUT2D eigenvalue weighted by molar-refractivity contribution is 0.394. The molecule has 3 aromatic heterocycles. The van der Waals surface area contributed by atoms with Gasteiger partial charge in [0, 0.05) is 24.2 Å². The van der Waals surface area contributed by atoms with Crippen LogP contribution >= 0.6 is 11.3 Å². The molecule has 8 heteroatoms. The highest BCUT2D eigenvalue weighted by molar-refractivity contribution is 7.16. The number of nitrogens with one attached hydrogen (secondary N) is 1. The number of hydrogen-bond donors (Lipinski definition) is 2. The summed E-state index contributed by atoms with van der Waals surface area (Å²) < 4.78 is 1.87. The quantitative estimate of drug-likeness (QED) is 0.757. The van der Waals surface area contributed by atoms with Gasteiger partial charge in [-0.05, 0) is 12.8 Å². The van der Waals surface area contributed by atoms with Crippen molar-refractivity contribution in [3.05, 3.63) is 29.1 Å². The van der Waals surface area contributed by atoms with Gasteiger partial charge in [-0.3, -0.25) is 0 Å². The maximum Gasteiger partial charge on any atom is 0.234 e. The van der Waals surface area contributed by atoms with Crippen molar-refractivity contribution >= 4 is 16.3 Å². The van der Waals surface area contributed by atoms with Gasteiger partial charge in [0.1, 0.15) is 5.01 Å². The van der Waals surface area contributed by atoms with Crippen LogP contribution in [0, 0.1) is 0 Å². The van der Waals surface area contributed by atoms with Gasteiger partial charge in [0.15, 0.2) is 5.82 Å². The van der Waals surface area contributed by atoms with E-state index < -0.39 is 0 Å². The lowest BCUT2D eigenvalue weighted by Gasteiger charge is -2.22. The second-order valence-electron chi connectivity index (χ2n) is 5.21. The van der Waals surface area contributed by atoms with Gasteiger partial charge < -0.3 is 10.7 Å². The van der Waals surface area contributed by atoms with Gasteiger partial charge in [0.2, 0.25) is 4.96 Å². The van der Waals surface area contributed by atoms with Crippen LogP contribution in [0.15, 0.2) is 12.5 Å². The fourth-order valence-electron chi connectivity index (χ4n) is 2.44. The monoisotopic (exact) mass is 289 g/mol. The van der Waals surface area contributed by atoms with E-state index in [0.29, 0.717) is 12.3 Å². The molecule has 0 bridgehead atoms. The predicted octanol–water partition coefficient (Wildman–Crippen LogP) is 1.42. The highest BCUT2D eigenvalue weighted by Crippen LogP contribution is 2.36. The van der Waals surface area contributed by atoms with E-state index in [1.807, 2.05) is 4.52 Å². The zero-order chi connectivity index (χ0) is 13.5. The molecule has 0 spiro atoms. The van der Waals surface area contributed by atoms with Crippen molar-refractivity contribution in [3.63, 3.8) is 0 Å². The first-order valence-electron chi connectivity index (χ1n) is 6.76. The zero-order valence-corrected chi connectivity index (χ0v) is 11.7. The molecule has 4 rings (SSSR count). The maximum atomic E-state index is 6.22. The Kier molecular flexibility index (Phi) is 2.78. The third kappa shape index (κ3) is 1.92. The highest BCUT2D eigenvalue weighted by Gasteiger charge is 2.26. The van der Waals surface area contributed by atoms with E-state index in [2.05, 4.69) is 25.3 Å². The maximum absolute atomic E-state index is 6.22. The van der Waals surface area contributed by atoms with Crippen LogP contribution in [0.4, 0.5) is 0 Å². The molecule has 0 aliphatic heterocycles. The summed E-state index contributed by atoms with van der Waals surface area (Å²) in [5, 5.41) is 14.0. The molecule has 1 aliphatic rings. The SMILES string of the molecule is NC(Cc1cnc[nH]1)c1nn2c(C3CCC3)nnc2s1. The van der Waals surface area contributed by atoms with Crippen LogP contribution in [-0.2, 0) is 6.42 Å². The molecule has 20 heavy (non-hydrogen) atoms. The number of rotatable bonds is 4. The van der Waals surface area contributed by atoms with Crippen molar-refractivity contribution in [2.24, 2.45) is 5.73 Å². The van der Waals surface area contributed by atoms with Crippen molar-refractivity contribution in [2.75, 3.05) is 0 Å². The smallest absolute Gasteiger partial charge is 0.234 e. The summed E-state index contributed by atoms with van der Waals surface area (Å²) in [6, 6.07) is -0.142. The van der Waals surface area contributed by atoms with Crippen molar-refractivity contribution in [3.8, 4) is 0 Å². The Labute approximate surface area is 119 Å². The normalized spacial score (nSPS) is 17.4. The Morgan fingerprint density at radius 2 is 2.35 bits per heavy atom. The summed E-state index contributed by atoms with van der Waals surface area (Å²) >= 11 is 1.52. The molecule has 0 aromatic carbocycles. The molecule has 1 fully saturated rings. The lowest BCUT2D eigenvalue weighted by atomic mass is 9.85. The van der Waals surface area contributed by atoms with Crippen molar-refractivity contribution < 1.29 is 0 Å². The summed E-state index contributed by atoms with van der Waals surface area (Å²) in [4.78, 5) is 7.90. The largest absolute Gasteiger partial charge is 0.348 e. The number of fused-ring (bicyclic) bond motifs is 1. The molecule has 104 valence electrons. The van der Waals surface area contributed by atoms with Crippen LogP contribution in [0.25, 0.3) is 4.96 Å². The minimum atomic E-state index is -0.142. The number of nitrogens with zero attached hydrogens (tertiary/aromatic N) is 5. The van der Waals surface area contributed by atoms with Gasteiger partial charge in [-0.15, -0.1) is 10.2 Å². The molecular weight excluding hydrogens is 274 g/mol. The molecule has 3 heterocycles. The fraction of sp³-hybridized carbons (Fsp3) is 0.500. The molecule has 7 nitrogen and oxygen atoms in total. The highest BCUT2D eigenvalue weighted by atomic mass is 32.1. The first kappa shape index (κ1) is 12.0. The Balaban J connectivity index is 1.61. The summed E-state index contributed by atoms with van der Waals surface area (Å²) in [5.74, 6) is 1.51. The first-order valence-corrected chi connectivity index (χ1v) is 7.58. The van der Waals surface area contributed by atoms with E-state index in [4.69, 9.17) is 5.73 Å². The van der Waals surface area contributed by atoms with Gasteiger partial charge in [-0.1, -0.05) is 17.8 Å². The number of aromatic nitrogens is 6. The van der Waals surface area contributed by atoms with E-state index in [9.17, 15) is 0 Å². The van der Waals surface area contributed by atoms with Crippen LogP contribution in [-0.4, -0.2) is 29.8 Å². The molecule has 1 saturated carbocycles. The Morgan fingerprint density at radius 3 is 3.05 bits per heavy atom. The van der Waals surface area contributed by atoms with Crippen LogP contribution < -0.4 is 5.73 Å². The number of aromatic amines is 1. The molecule has 0 amide bonds. The molecule has 1 atom stereocenters. The molecule has 1 aliphatic carbocycles. The Hall–Kier alpha value is -1.80. The molecular formula is C12H15N7S. The summed E-state index contributed by atoms with van der Waals surface area (Å²) in [6.45, 7) is 0. The van der Waals surface area contributed by atoms with Crippen LogP contribution in [0.2, 0.25) is 0 Å². The van der Waals surface area contributed by atoms with E-state index in [-0.39, 0.29) is 6.04 Å². The third-order valence-electron chi connectivity index (χ3n) is 3.81. The van der Waals surface area contributed by atoms with E-state index in [1.165, 1.54) is 30.6 Å². The molecule has 0 radical (unpaired) electrons. The van der Waals surface area contributed by atoms with Gasteiger partial charge in [0.25, 0.3) is 0 Å². The van der Waals surface area contributed by atoms with Gasteiger partial charge in [0.05, 0.1) is 12.4 Å². The average molecular weight is 289 g/mol. The van der Waals surface area contributed by atoms with E-state index in [1.54, 1.807) is 12.5 Å². The zero-order valence-electron chi connectivity index (χ0n) is 10.9. The van der Waals surface area contributed by atoms with Crippen LogP contribution in [0.5, 0.6) is 0 Å². The van der Waals surface area contributed by atoms with Crippen LogP contribution in [0.3, 0.4) is 0 Å². The minimum Gasteiger partial charge on any atom is -0.348 e.